The number of esters is 1. The van der Waals surface area contributed by atoms with Crippen molar-refractivity contribution in [1.29, 1.82) is 0 Å². The Labute approximate surface area is 179 Å². The number of amides is 2. The molecule has 2 heterocycles. The van der Waals surface area contributed by atoms with Gasteiger partial charge in [0.25, 0.3) is 0 Å². The smallest absolute Gasteiger partial charge is 0.340 e. The molecule has 0 saturated carbocycles. The van der Waals surface area contributed by atoms with Crippen molar-refractivity contribution in [1.82, 2.24) is 15.1 Å². The zero-order chi connectivity index (χ0) is 20.5. The number of anilines is 1. The highest BCUT2D eigenvalue weighted by Gasteiger charge is 2.41. The number of halogens is 1. The monoisotopic (exact) mass is 536 g/mol. The predicted molar refractivity (Wildman–Crippen MR) is 111 cm³/mol. The Hall–Kier alpha value is -1.80. The predicted octanol–water partition coefficient (Wildman–Crippen LogP) is 2.38. The van der Waals surface area contributed by atoms with Gasteiger partial charge in [0.1, 0.15) is 0 Å². The highest BCUT2D eigenvalue weighted by atomic mass is 127. The van der Waals surface area contributed by atoms with E-state index in [1.54, 1.807) is 38.2 Å². The molecule has 150 valence electrons. The first-order valence-corrected chi connectivity index (χ1v) is 11.8. The minimum absolute atomic E-state index is 0.0549. The summed E-state index contributed by atoms with van der Waals surface area (Å²) in [5, 5.41) is 7.64. The Balaban J connectivity index is 1.84. The number of likely N-dealkylation sites (N-methyl/N-ethyl adjacent to an activating group) is 1. The van der Waals surface area contributed by atoms with Crippen LogP contribution in [-0.4, -0.2) is 61.1 Å². The molecule has 2 aromatic rings. The molecule has 0 aliphatic carbocycles. The third-order valence-corrected chi connectivity index (χ3v) is 7.92. The molecule has 12 heteroatoms. The van der Waals surface area contributed by atoms with Crippen LogP contribution >= 0.6 is 33.9 Å². The van der Waals surface area contributed by atoms with E-state index in [-0.39, 0.29) is 21.8 Å². The van der Waals surface area contributed by atoms with E-state index in [4.69, 9.17) is 4.74 Å². The van der Waals surface area contributed by atoms with E-state index < -0.39 is 28.1 Å². The van der Waals surface area contributed by atoms with Crippen LogP contribution in [0, 0.1) is 3.57 Å². The number of nitrogens with zero attached hydrogens (tertiary/aromatic N) is 4. The van der Waals surface area contributed by atoms with Gasteiger partial charge in [-0.1, -0.05) is 18.3 Å². The van der Waals surface area contributed by atoms with Gasteiger partial charge in [-0.2, -0.15) is 0 Å². The van der Waals surface area contributed by atoms with Gasteiger partial charge in [-0.25, -0.2) is 22.9 Å². The maximum Gasteiger partial charge on any atom is 0.340 e. The van der Waals surface area contributed by atoms with Gasteiger partial charge in [0.15, 0.2) is 0 Å². The van der Waals surface area contributed by atoms with E-state index in [9.17, 15) is 18.0 Å². The van der Waals surface area contributed by atoms with E-state index in [1.807, 2.05) is 0 Å². The van der Waals surface area contributed by atoms with Crippen LogP contribution in [0.5, 0.6) is 0 Å². The first-order chi connectivity index (χ1) is 13.2. The summed E-state index contributed by atoms with van der Waals surface area (Å²) in [7, 11) is -1.99. The van der Waals surface area contributed by atoms with Gasteiger partial charge in [-0.3, -0.25) is 0 Å². The van der Waals surface area contributed by atoms with E-state index in [0.717, 1.165) is 19.8 Å². The molecule has 1 aliphatic rings. The zero-order valence-corrected chi connectivity index (χ0v) is 18.8. The minimum atomic E-state index is -3.55. The molecule has 3 rings (SSSR count). The van der Waals surface area contributed by atoms with Gasteiger partial charge in [-0.15, -0.1) is 10.2 Å². The van der Waals surface area contributed by atoms with Crippen LogP contribution < -0.4 is 4.90 Å². The lowest BCUT2D eigenvalue weighted by Crippen LogP contribution is -2.37. The average Bonchev–Trinajstić information content (AvgIpc) is 3.21. The van der Waals surface area contributed by atoms with Crippen molar-refractivity contribution in [3.8, 4) is 0 Å². The quantitative estimate of drug-likeness (QED) is 0.317. The summed E-state index contributed by atoms with van der Waals surface area (Å²) < 4.78 is 30.7. The van der Waals surface area contributed by atoms with Crippen molar-refractivity contribution in [3.63, 3.8) is 0 Å². The van der Waals surface area contributed by atoms with Gasteiger partial charge < -0.3 is 9.64 Å². The molecule has 2 amide bonds. The molecule has 0 radical (unpaired) electrons. The summed E-state index contributed by atoms with van der Waals surface area (Å²) in [5.41, 5.74) is 0.353. The number of aromatic nitrogens is 2. The van der Waals surface area contributed by atoms with Gasteiger partial charge in [0.05, 0.1) is 17.9 Å². The molecule has 0 N–H and O–H groups in total. The number of carbonyl (C=O) groups is 2. The highest BCUT2D eigenvalue weighted by Crippen LogP contribution is 2.30. The second-order valence-electron chi connectivity index (χ2n) is 6.07. The van der Waals surface area contributed by atoms with Crippen LogP contribution in [0.4, 0.5) is 9.93 Å². The van der Waals surface area contributed by atoms with Gasteiger partial charge >= 0.3 is 12.0 Å². The highest BCUT2D eigenvalue weighted by molar-refractivity contribution is 14.1. The lowest BCUT2D eigenvalue weighted by Gasteiger charge is -2.19. The van der Waals surface area contributed by atoms with E-state index in [2.05, 4.69) is 32.8 Å². The molecule has 1 unspecified atom stereocenters. The van der Waals surface area contributed by atoms with E-state index in [1.165, 1.54) is 4.90 Å². The molecule has 0 bridgehead atoms. The summed E-state index contributed by atoms with van der Waals surface area (Å²) in [6.45, 7) is 1.88. The van der Waals surface area contributed by atoms with Crippen molar-refractivity contribution in [3.05, 3.63) is 33.4 Å². The van der Waals surface area contributed by atoms with Gasteiger partial charge in [0, 0.05) is 10.6 Å². The van der Waals surface area contributed by atoms with Crippen molar-refractivity contribution in [2.24, 2.45) is 0 Å². The van der Waals surface area contributed by atoms with Crippen molar-refractivity contribution in [2.75, 3.05) is 24.2 Å². The zero-order valence-electron chi connectivity index (χ0n) is 15.0. The minimum Gasteiger partial charge on any atom is -0.435 e. The Kier molecular flexibility index (Phi) is 6.19. The number of urea groups is 1. The molecular formula is C16H17IN4O5S2. The average molecular weight is 536 g/mol. The van der Waals surface area contributed by atoms with Crippen LogP contribution in [0.1, 0.15) is 23.7 Å². The summed E-state index contributed by atoms with van der Waals surface area (Å²) in [5.74, 6) is -0.640. The third-order valence-electron chi connectivity index (χ3n) is 3.91. The number of hydrogen-bond acceptors (Lipinski definition) is 8. The first-order valence-electron chi connectivity index (χ1n) is 8.30. The number of rotatable bonds is 6. The Bertz CT molecular complexity index is 993. The number of benzene rings is 1. The summed E-state index contributed by atoms with van der Waals surface area (Å²) >= 11 is 2.91. The SMILES string of the molecule is CCCS(=O)(=O)c1nnc(N2C(=O)N(C)CC2OC(=O)c2ccc(I)cc2)s1. The fourth-order valence-corrected chi connectivity index (χ4v) is 5.39. The largest absolute Gasteiger partial charge is 0.435 e. The topological polar surface area (TPSA) is 110 Å². The fraction of sp³-hybridized carbons (Fsp3) is 0.375. The molecule has 28 heavy (non-hydrogen) atoms. The Morgan fingerprint density at radius 2 is 2.00 bits per heavy atom. The van der Waals surface area contributed by atoms with E-state index >= 15 is 0 Å². The Morgan fingerprint density at radius 1 is 1.32 bits per heavy atom. The standard InChI is InChI=1S/C16H17IN4O5S2/c1-3-8-28(24,25)15-19-18-14(27-15)21-12(9-20(2)16(21)23)26-13(22)10-4-6-11(17)7-5-10/h4-7,12H,3,8-9H2,1-2H3. The summed E-state index contributed by atoms with van der Waals surface area (Å²) in [6.07, 6.45) is -0.488. The first kappa shape index (κ1) is 20.9. The number of hydrogen-bond donors (Lipinski definition) is 0. The Morgan fingerprint density at radius 3 is 2.64 bits per heavy atom. The molecule has 1 atom stereocenters. The molecule has 1 aromatic carbocycles. The van der Waals surface area contributed by atoms with Gasteiger partial charge in [-0.05, 0) is 53.3 Å². The second-order valence-corrected chi connectivity index (χ2v) is 10.6. The van der Waals surface area contributed by atoms with Crippen LogP contribution in [0.25, 0.3) is 0 Å². The van der Waals surface area contributed by atoms with Crippen LogP contribution in [-0.2, 0) is 14.6 Å². The van der Waals surface area contributed by atoms with E-state index in [0.29, 0.717) is 12.0 Å². The summed E-state index contributed by atoms with van der Waals surface area (Å²) in [4.78, 5) is 27.5. The molecule has 1 aromatic heterocycles. The molecule has 1 fully saturated rings. The molecule has 0 spiro atoms. The summed E-state index contributed by atoms with van der Waals surface area (Å²) in [6, 6.07) is 6.37. The van der Waals surface area contributed by atoms with Crippen molar-refractivity contribution in [2.45, 2.75) is 23.9 Å². The lowest BCUT2D eigenvalue weighted by molar-refractivity contribution is 0.0331. The maximum atomic E-state index is 12.5. The third kappa shape index (κ3) is 4.27. The molecular weight excluding hydrogens is 519 g/mol. The van der Waals surface area contributed by atoms with Gasteiger partial charge in [0.2, 0.25) is 25.5 Å². The van der Waals surface area contributed by atoms with Crippen molar-refractivity contribution < 1.29 is 22.7 Å². The van der Waals surface area contributed by atoms with Crippen molar-refractivity contribution >= 4 is 60.9 Å². The van der Waals surface area contributed by atoms with Crippen LogP contribution in [0.15, 0.2) is 28.6 Å². The molecule has 1 saturated heterocycles. The normalized spacial score (nSPS) is 17.2. The second kappa shape index (κ2) is 8.29. The van der Waals surface area contributed by atoms with Crippen LogP contribution in [0.2, 0.25) is 0 Å². The maximum absolute atomic E-state index is 12.5. The van der Waals surface area contributed by atoms with Crippen LogP contribution in [0.3, 0.4) is 0 Å². The molecule has 9 nitrogen and oxygen atoms in total. The number of ether oxygens (including phenoxy) is 1. The number of sulfone groups is 1. The lowest BCUT2D eigenvalue weighted by atomic mass is 10.2. The fourth-order valence-electron chi connectivity index (χ4n) is 2.56. The molecule has 1 aliphatic heterocycles. The number of carbonyl (C=O) groups excluding carboxylic acids is 2.